The van der Waals surface area contributed by atoms with Gasteiger partial charge in [0, 0.05) is 86.8 Å². The molecule has 2 saturated heterocycles. The van der Waals surface area contributed by atoms with Gasteiger partial charge in [0.25, 0.3) is 0 Å². The number of nitrogens with one attached hydrogen (secondary N) is 2. The van der Waals surface area contributed by atoms with Gasteiger partial charge in [-0.15, -0.1) is 0 Å². The smallest absolute Gasteiger partial charge is 0.393 e. The molecule has 0 bridgehead atoms. The van der Waals surface area contributed by atoms with E-state index in [-0.39, 0.29) is 85.1 Å². The summed E-state index contributed by atoms with van der Waals surface area (Å²) < 4.78 is 121. The number of aliphatic hydroxyl groups excluding tert-OH is 4. The first-order valence-electron chi connectivity index (χ1n) is 18.9. The molecule has 2 aromatic carbocycles. The summed E-state index contributed by atoms with van der Waals surface area (Å²) in [7, 11) is 0. The molecule has 2 aliphatic rings. The van der Waals surface area contributed by atoms with Crippen LogP contribution in [0.4, 0.5) is 60.5 Å². The van der Waals surface area contributed by atoms with Crippen LogP contribution in [-0.2, 0) is 23.7 Å². The number of piperidine rings is 2. The van der Waals surface area contributed by atoms with Gasteiger partial charge in [0.15, 0.2) is 11.3 Å². The highest BCUT2D eigenvalue weighted by Gasteiger charge is 2.42. The van der Waals surface area contributed by atoms with Gasteiger partial charge >= 0.3 is 24.4 Å². The van der Waals surface area contributed by atoms with Crippen LogP contribution in [0.3, 0.4) is 0 Å². The van der Waals surface area contributed by atoms with Crippen LogP contribution in [0.1, 0.15) is 71.5 Å². The maximum absolute atomic E-state index is 15.5. The molecule has 2 atom stereocenters. The first-order valence-corrected chi connectivity index (χ1v) is 19.7. The Morgan fingerprint density at radius 3 is 1.54 bits per heavy atom. The number of hydrogen-bond acceptors (Lipinski definition) is 8. The number of alkyl halides is 8. The van der Waals surface area contributed by atoms with E-state index in [9.17, 15) is 50.5 Å². The fourth-order valence-corrected chi connectivity index (χ4v) is 7.34. The molecule has 4 heterocycles. The predicted molar refractivity (Wildman–Crippen MR) is 211 cm³/mol. The van der Waals surface area contributed by atoms with Crippen molar-refractivity contribution in [2.45, 2.75) is 61.6 Å². The summed E-state index contributed by atoms with van der Waals surface area (Å²) in [5, 5.41) is 41.5. The standard InChI is InChI=1S/C20H19Cl2F4N3O3.C20H20F5N3O3/c21-14-8-12(1-2-13(14)20(24,25)26)28-18(32)29-5-3-19(23,4-6-29)17-15(22)7-11(9-27-17)16(31)10-30;21-15-9-12(16(30)11-29)10-26-17(15)19(22)5-7-28(8-6-19)18(31)27-14-3-1-13(2-4-14)20(23,24)25/h1-2,7-9,16,30-31H,3-6,10H2,(H,28,32);1-4,9-10,16,29-30H,5-8,11H2,(H,27,31)/t2*16-/m11/s1. The molecule has 23 heteroatoms. The summed E-state index contributed by atoms with van der Waals surface area (Å²) in [6.07, 6.45) is -9.99. The highest BCUT2D eigenvalue weighted by atomic mass is 35.5. The van der Waals surface area contributed by atoms with Crippen molar-refractivity contribution in [3.8, 4) is 0 Å². The Kier molecular flexibility index (Phi) is 15.5. The van der Waals surface area contributed by atoms with Crippen molar-refractivity contribution in [3.05, 3.63) is 116 Å². The number of pyridine rings is 2. The van der Waals surface area contributed by atoms with Crippen LogP contribution >= 0.6 is 23.2 Å². The Labute approximate surface area is 363 Å². The van der Waals surface area contributed by atoms with E-state index in [1.54, 1.807) is 0 Å². The molecule has 2 fully saturated rings. The third kappa shape index (κ3) is 12.0. The lowest BCUT2D eigenvalue weighted by atomic mass is 9.89. The Hall–Kier alpha value is -4.93. The number of likely N-dealkylation sites (tertiary alicyclic amines) is 2. The van der Waals surface area contributed by atoms with Crippen molar-refractivity contribution in [1.82, 2.24) is 19.8 Å². The van der Waals surface area contributed by atoms with E-state index in [0.717, 1.165) is 54.7 Å². The van der Waals surface area contributed by atoms with Gasteiger partial charge in [-0.05, 0) is 54.6 Å². The van der Waals surface area contributed by atoms with Crippen LogP contribution in [0.15, 0.2) is 67.0 Å². The van der Waals surface area contributed by atoms with Gasteiger partial charge in [-0.2, -0.15) is 26.3 Å². The first kappa shape index (κ1) is 49.1. The van der Waals surface area contributed by atoms with Crippen molar-refractivity contribution < 1.29 is 69.5 Å². The molecular formula is C40H39Cl2F9N6O6. The number of aliphatic hydroxyl groups is 4. The Bertz CT molecular complexity index is 2240. The van der Waals surface area contributed by atoms with Crippen LogP contribution in [0, 0.1) is 5.82 Å². The number of carbonyl (C=O) groups excluding carboxylic acids is 2. The average molecular weight is 942 g/mol. The highest BCUT2D eigenvalue weighted by molar-refractivity contribution is 6.32. The number of halogens is 11. The van der Waals surface area contributed by atoms with Crippen molar-refractivity contribution >= 4 is 46.6 Å². The number of nitrogens with zero attached hydrogens (tertiary/aromatic N) is 4. The van der Waals surface area contributed by atoms with Crippen LogP contribution in [-0.4, -0.2) is 91.6 Å². The minimum atomic E-state index is -4.61. The van der Waals surface area contributed by atoms with Gasteiger partial charge in [0.1, 0.15) is 23.7 Å². The summed E-state index contributed by atoms with van der Waals surface area (Å²) in [5.74, 6) is -0.963. The number of urea groups is 2. The molecule has 0 spiro atoms. The van der Waals surface area contributed by atoms with Crippen molar-refractivity contribution in [2.75, 3.05) is 50.0 Å². The normalized spacial score (nSPS) is 17.3. The average Bonchev–Trinajstić information content (AvgIpc) is 3.23. The Morgan fingerprint density at radius 1 is 0.667 bits per heavy atom. The van der Waals surface area contributed by atoms with Gasteiger partial charge < -0.3 is 40.9 Å². The lowest BCUT2D eigenvalue weighted by Crippen LogP contribution is -2.45. The second-order valence-electron chi connectivity index (χ2n) is 14.6. The predicted octanol–water partition coefficient (Wildman–Crippen LogP) is 8.68. The molecule has 6 rings (SSSR count). The van der Waals surface area contributed by atoms with Gasteiger partial charge in [-0.1, -0.05) is 23.2 Å². The fraction of sp³-hybridized carbons (Fsp3) is 0.400. The van der Waals surface area contributed by atoms with E-state index in [4.69, 9.17) is 33.4 Å². The number of anilines is 2. The van der Waals surface area contributed by atoms with Gasteiger partial charge in [0.2, 0.25) is 0 Å². The molecule has 4 amide bonds. The van der Waals surface area contributed by atoms with E-state index in [1.807, 2.05) is 0 Å². The summed E-state index contributed by atoms with van der Waals surface area (Å²) >= 11 is 11.8. The van der Waals surface area contributed by atoms with E-state index < -0.39 is 88.8 Å². The van der Waals surface area contributed by atoms with Crippen LogP contribution in [0.5, 0.6) is 0 Å². The number of benzene rings is 2. The molecular weight excluding hydrogens is 902 g/mol. The minimum Gasteiger partial charge on any atom is -0.393 e. The molecule has 342 valence electrons. The number of carbonyl (C=O) groups is 2. The number of amides is 4. The molecule has 0 unspecified atom stereocenters. The van der Waals surface area contributed by atoms with Gasteiger partial charge in [0.05, 0.1) is 40.1 Å². The Morgan fingerprint density at radius 2 is 1.11 bits per heavy atom. The molecule has 0 radical (unpaired) electrons. The van der Waals surface area contributed by atoms with Crippen molar-refractivity contribution in [1.29, 1.82) is 0 Å². The third-order valence-corrected chi connectivity index (χ3v) is 11.0. The third-order valence-electron chi connectivity index (χ3n) is 10.4. The number of aromatic nitrogens is 2. The second kappa shape index (κ2) is 19.9. The molecule has 63 heavy (non-hydrogen) atoms. The van der Waals surface area contributed by atoms with Crippen LogP contribution in [0.25, 0.3) is 0 Å². The first-order chi connectivity index (χ1) is 29.5. The number of hydrogen-bond donors (Lipinski definition) is 6. The van der Waals surface area contributed by atoms with E-state index in [0.29, 0.717) is 0 Å². The summed E-state index contributed by atoms with van der Waals surface area (Å²) in [6.45, 7) is -1.28. The van der Waals surface area contributed by atoms with Crippen LogP contribution < -0.4 is 10.6 Å². The lowest BCUT2D eigenvalue weighted by Gasteiger charge is -2.36. The lowest BCUT2D eigenvalue weighted by molar-refractivity contribution is -0.138. The number of rotatable bonds is 8. The SMILES string of the molecule is O=C(Nc1ccc(C(F)(F)F)c(Cl)c1)N1CCC(F)(c2ncc([C@H](O)CO)cc2Cl)CC1.O=C(Nc1ccc(C(F)(F)F)cc1)N1CCC(F)(c2ncc([C@H](O)CO)cc2F)CC1. The van der Waals surface area contributed by atoms with E-state index >= 15 is 8.78 Å². The second-order valence-corrected chi connectivity index (χ2v) is 15.4. The maximum Gasteiger partial charge on any atom is 0.417 e. The van der Waals surface area contributed by atoms with E-state index in [2.05, 4.69) is 20.6 Å². The molecule has 0 aliphatic carbocycles. The summed E-state index contributed by atoms with van der Waals surface area (Å²) in [6, 6.07) is 7.78. The zero-order valence-electron chi connectivity index (χ0n) is 32.6. The minimum absolute atomic E-state index is 0.00482. The van der Waals surface area contributed by atoms with Gasteiger partial charge in [-0.3, -0.25) is 9.97 Å². The van der Waals surface area contributed by atoms with Crippen molar-refractivity contribution in [2.24, 2.45) is 0 Å². The van der Waals surface area contributed by atoms with Crippen LogP contribution in [0.2, 0.25) is 10.0 Å². The molecule has 6 N–H and O–H groups in total. The monoisotopic (exact) mass is 940 g/mol. The zero-order valence-corrected chi connectivity index (χ0v) is 34.1. The molecule has 4 aromatic rings. The van der Waals surface area contributed by atoms with Gasteiger partial charge in [-0.25, -0.2) is 22.8 Å². The van der Waals surface area contributed by atoms with E-state index in [1.165, 1.54) is 22.1 Å². The summed E-state index contributed by atoms with van der Waals surface area (Å²) in [5.41, 5.74) is -5.87. The maximum atomic E-state index is 15.5. The molecule has 2 aromatic heterocycles. The topological polar surface area (TPSA) is 171 Å². The quantitative estimate of drug-likeness (QED) is 0.0954. The zero-order chi connectivity index (χ0) is 46.5. The summed E-state index contributed by atoms with van der Waals surface area (Å²) in [4.78, 5) is 35.2. The fourth-order valence-electron chi connectivity index (χ4n) is 6.71. The molecule has 12 nitrogen and oxygen atoms in total. The molecule has 0 saturated carbocycles. The highest BCUT2D eigenvalue weighted by Crippen LogP contribution is 2.41. The van der Waals surface area contributed by atoms with Crippen molar-refractivity contribution in [3.63, 3.8) is 0 Å². The Balaban J connectivity index is 0.000000238. The molecule has 2 aliphatic heterocycles. The largest absolute Gasteiger partial charge is 0.417 e.